The molecule has 1 aliphatic heterocycles. The first-order valence-electron chi connectivity index (χ1n) is 9.13. The standard InChI is InChI=1S/C23H19ClN2O2/c24-20-8-4-7-18(13-20)22(27)25-21-10-9-16-11-12-26(15-19(16)14-21)23(28)17-5-2-1-3-6-17/h1-10,13-14H,11-12,15H2,(H,25,27). The van der Waals surface area contributed by atoms with Gasteiger partial charge < -0.3 is 10.2 Å². The predicted molar refractivity (Wildman–Crippen MR) is 111 cm³/mol. The molecule has 4 rings (SSSR count). The van der Waals surface area contributed by atoms with Crippen LogP contribution in [0.4, 0.5) is 5.69 Å². The van der Waals surface area contributed by atoms with Gasteiger partial charge in [0.25, 0.3) is 11.8 Å². The molecule has 0 aliphatic carbocycles. The number of hydrogen-bond donors (Lipinski definition) is 1. The average molecular weight is 391 g/mol. The minimum Gasteiger partial charge on any atom is -0.334 e. The highest BCUT2D eigenvalue weighted by atomic mass is 35.5. The summed E-state index contributed by atoms with van der Waals surface area (Å²) < 4.78 is 0. The van der Waals surface area contributed by atoms with Crippen LogP contribution in [-0.4, -0.2) is 23.3 Å². The molecule has 140 valence electrons. The van der Waals surface area contributed by atoms with E-state index in [4.69, 9.17) is 11.6 Å². The fraction of sp³-hybridized carbons (Fsp3) is 0.130. The normalized spacial score (nSPS) is 13.0. The highest BCUT2D eigenvalue weighted by Crippen LogP contribution is 2.24. The Labute approximate surface area is 168 Å². The zero-order chi connectivity index (χ0) is 19.5. The zero-order valence-electron chi connectivity index (χ0n) is 15.2. The summed E-state index contributed by atoms with van der Waals surface area (Å²) in [7, 11) is 0. The molecule has 5 heteroatoms. The lowest BCUT2D eigenvalue weighted by Gasteiger charge is -2.29. The smallest absolute Gasteiger partial charge is 0.255 e. The molecule has 0 aromatic heterocycles. The fourth-order valence-corrected chi connectivity index (χ4v) is 3.59. The van der Waals surface area contributed by atoms with Gasteiger partial charge in [0.2, 0.25) is 0 Å². The van der Waals surface area contributed by atoms with Gasteiger partial charge in [0.05, 0.1) is 0 Å². The maximum atomic E-state index is 12.7. The van der Waals surface area contributed by atoms with Crippen molar-refractivity contribution >= 4 is 29.1 Å². The Bertz CT molecular complexity index is 1030. The number of benzene rings is 3. The Morgan fingerprint density at radius 2 is 1.64 bits per heavy atom. The van der Waals surface area contributed by atoms with Crippen molar-refractivity contribution in [1.82, 2.24) is 4.90 Å². The number of nitrogens with zero attached hydrogens (tertiary/aromatic N) is 1. The number of amides is 2. The second-order valence-corrected chi connectivity index (χ2v) is 7.23. The Balaban J connectivity index is 1.51. The van der Waals surface area contributed by atoms with E-state index in [0.29, 0.717) is 34.9 Å². The third-order valence-corrected chi connectivity index (χ3v) is 5.11. The zero-order valence-corrected chi connectivity index (χ0v) is 15.9. The maximum Gasteiger partial charge on any atom is 0.255 e. The minimum absolute atomic E-state index is 0.0274. The van der Waals surface area contributed by atoms with E-state index >= 15 is 0 Å². The molecule has 3 aromatic rings. The Hall–Kier alpha value is -3.11. The highest BCUT2D eigenvalue weighted by Gasteiger charge is 2.22. The van der Waals surface area contributed by atoms with E-state index in [9.17, 15) is 9.59 Å². The lowest BCUT2D eigenvalue weighted by atomic mass is 9.98. The van der Waals surface area contributed by atoms with Crippen LogP contribution in [-0.2, 0) is 13.0 Å². The summed E-state index contributed by atoms with van der Waals surface area (Å²) in [6, 6.07) is 22.0. The fourth-order valence-electron chi connectivity index (χ4n) is 3.40. The number of carbonyl (C=O) groups is 2. The minimum atomic E-state index is -0.213. The van der Waals surface area contributed by atoms with Crippen molar-refractivity contribution in [3.8, 4) is 0 Å². The van der Waals surface area contributed by atoms with E-state index in [1.165, 1.54) is 5.56 Å². The van der Waals surface area contributed by atoms with Crippen molar-refractivity contribution in [1.29, 1.82) is 0 Å². The van der Waals surface area contributed by atoms with Crippen molar-refractivity contribution in [2.45, 2.75) is 13.0 Å². The number of anilines is 1. The second-order valence-electron chi connectivity index (χ2n) is 6.79. The van der Waals surface area contributed by atoms with Crippen molar-refractivity contribution in [2.24, 2.45) is 0 Å². The largest absolute Gasteiger partial charge is 0.334 e. The molecule has 0 atom stereocenters. The first-order valence-corrected chi connectivity index (χ1v) is 9.51. The van der Waals surface area contributed by atoms with Crippen LogP contribution in [0.5, 0.6) is 0 Å². The van der Waals surface area contributed by atoms with Crippen LogP contribution in [0, 0.1) is 0 Å². The third kappa shape index (κ3) is 3.92. The van der Waals surface area contributed by atoms with Gasteiger partial charge in [-0.15, -0.1) is 0 Å². The molecule has 28 heavy (non-hydrogen) atoms. The van der Waals surface area contributed by atoms with Crippen LogP contribution in [0.2, 0.25) is 5.02 Å². The number of rotatable bonds is 3. The van der Waals surface area contributed by atoms with Crippen LogP contribution < -0.4 is 5.32 Å². The van der Waals surface area contributed by atoms with Gasteiger partial charge in [0.15, 0.2) is 0 Å². The van der Waals surface area contributed by atoms with Crippen molar-refractivity contribution < 1.29 is 9.59 Å². The summed E-state index contributed by atoms with van der Waals surface area (Å²) in [5, 5.41) is 3.43. The molecule has 0 bridgehead atoms. The molecular weight excluding hydrogens is 372 g/mol. The van der Waals surface area contributed by atoms with Crippen LogP contribution in [0.25, 0.3) is 0 Å². The Morgan fingerprint density at radius 3 is 2.43 bits per heavy atom. The summed E-state index contributed by atoms with van der Waals surface area (Å²) in [6.07, 6.45) is 0.802. The van der Waals surface area contributed by atoms with E-state index in [-0.39, 0.29) is 11.8 Å². The van der Waals surface area contributed by atoms with Gasteiger partial charge in [-0.2, -0.15) is 0 Å². The Kier molecular flexibility index (Phi) is 5.13. The van der Waals surface area contributed by atoms with Crippen LogP contribution in [0.15, 0.2) is 72.8 Å². The first kappa shape index (κ1) is 18.3. The third-order valence-electron chi connectivity index (χ3n) is 4.87. The lowest BCUT2D eigenvalue weighted by molar-refractivity contribution is 0.0734. The SMILES string of the molecule is O=C(Nc1ccc2c(c1)CN(C(=O)c1ccccc1)CC2)c1cccc(Cl)c1. The van der Waals surface area contributed by atoms with Crippen LogP contribution >= 0.6 is 11.6 Å². The predicted octanol–water partition coefficient (Wildman–Crippen LogP) is 4.79. The number of hydrogen-bond acceptors (Lipinski definition) is 2. The monoisotopic (exact) mass is 390 g/mol. The first-order chi connectivity index (χ1) is 13.6. The van der Waals surface area contributed by atoms with Gasteiger partial charge in [-0.1, -0.05) is 41.9 Å². The second kappa shape index (κ2) is 7.87. The van der Waals surface area contributed by atoms with Gasteiger partial charge in [0.1, 0.15) is 0 Å². The van der Waals surface area contributed by atoms with Crippen molar-refractivity contribution in [3.05, 3.63) is 100 Å². The van der Waals surface area contributed by atoms with Gasteiger partial charge >= 0.3 is 0 Å². The molecule has 4 nitrogen and oxygen atoms in total. The number of halogens is 1. The van der Waals surface area contributed by atoms with E-state index in [0.717, 1.165) is 12.0 Å². The summed E-state index contributed by atoms with van der Waals surface area (Å²) in [4.78, 5) is 27.0. The average Bonchev–Trinajstić information content (AvgIpc) is 2.73. The summed E-state index contributed by atoms with van der Waals surface area (Å²) in [5.74, 6) is -0.185. The van der Waals surface area contributed by atoms with E-state index in [2.05, 4.69) is 5.32 Å². The molecule has 0 radical (unpaired) electrons. The number of fused-ring (bicyclic) bond motifs is 1. The van der Waals surface area contributed by atoms with E-state index < -0.39 is 0 Å². The molecule has 0 saturated carbocycles. The van der Waals surface area contributed by atoms with Crippen molar-refractivity contribution in [3.63, 3.8) is 0 Å². The molecule has 0 fully saturated rings. The summed E-state index contributed by atoms with van der Waals surface area (Å²) >= 11 is 5.97. The molecular formula is C23H19ClN2O2. The lowest BCUT2D eigenvalue weighted by Crippen LogP contribution is -2.36. The topological polar surface area (TPSA) is 49.4 Å². The van der Waals surface area contributed by atoms with E-state index in [1.807, 2.05) is 53.4 Å². The summed E-state index contributed by atoms with van der Waals surface area (Å²) in [6.45, 7) is 1.22. The van der Waals surface area contributed by atoms with E-state index in [1.54, 1.807) is 24.3 Å². The van der Waals surface area contributed by atoms with Gasteiger partial charge in [-0.25, -0.2) is 0 Å². The molecule has 1 heterocycles. The van der Waals surface area contributed by atoms with Crippen LogP contribution in [0.3, 0.4) is 0 Å². The maximum absolute atomic E-state index is 12.7. The number of nitrogens with one attached hydrogen (secondary N) is 1. The molecule has 3 aromatic carbocycles. The molecule has 2 amide bonds. The van der Waals surface area contributed by atoms with Gasteiger partial charge in [0, 0.05) is 34.9 Å². The highest BCUT2D eigenvalue weighted by molar-refractivity contribution is 6.31. The summed E-state index contributed by atoms with van der Waals surface area (Å²) in [5.41, 5.74) is 4.16. The quantitative estimate of drug-likeness (QED) is 0.698. The molecule has 0 saturated heterocycles. The molecule has 1 aliphatic rings. The number of carbonyl (C=O) groups excluding carboxylic acids is 2. The Morgan fingerprint density at radius 1 is 0.857 bits per heavy atom. The van der Waals surface area contributed by atoms with Crippen LogP contribution in [0.1, 0.15) is 31.8 Å². The molecule has 0 spiro atoms. The molecule has 1 N–H and O–H groups in total. The van der Waals surface area contributed by atoms with Crippen molar-refractivity contribution in [2.75, 3.05) is 11.9 Å². The molecule has 0 unspecified atom stereocenters. The van der Waals surface area contributed by atoms with Gasteiger partial charge in [-0.3, -0.25) is 9.59 Å². The van der Waals surface area contributed by atoms with Gasteiger partial charge in [-0.05, 0) is 60.0 Å².